The molecule has 0 amide bonds. The number of aryl methyl sites for hydroxylation is 2. The van der Waals surface area contributed by atoms with Crippen LogP contribution in [-0.4, -0.2) is 20.9 Å². The Morgan fingerprint density at radius 1 is 1.38 bits per heavy atom. The van der Waals surface area contributed by atoms with Gasteiger partial charge in [-0.25, -0.2) is 4.98 Å². The first-order valence-corrected chi connectivity index (χ1v) is 9.12. The van der Waals surface area contributed by atoms with Gasteiger partial charge in [0.15, 0.2) is 5.13 Å². The Labute approximate surface area is 134 Å². The van der Waals surface area contributed by atoms with Crippen LogP contribution >= 0.6 is 34.4 Å². The van der Waals surface area contributed by atoms with E-state index in [9.17, 15) is 0 Å². The topological polar surface area (TPSA) is 77.8 Å². The molecule has 21 heavy (non-hydrogen) atoms. The summed E-state index contributed by atoms with van der Waals surface area (Å²) in [6.07, 6.45) is 1.77. The lowest BCUT2D eigenvalue weighted by molar-refractivity contribution is 0.378. The summed E-state index contributed by atoms with van der Waals surface area (Å²) in [5, 5.41) is 6.64. The predicted octanol–water partition coefficient (Wildman–Crippen LogP) is 3.87. The van der Waals surface area contributed by atoms with E-state index in [0.717, 1.165) is 29.2 Å². The van der Waals surface area contributed by atoms with Gasteiger partial charge in [0.1, 0.15) is 0 Å². The smallest absolute Gasteiger partial charge is 0.227 e. The van der Waals surface area contributed by atoms with Crippen LogP contribution in [0.1, 0.15) is 18.0 Å². The van der Waals surface area contributed by atoms with Crippen LogP contribution in [0.25, 0.3) is 10.7 Å². The molecule has 0 spiro atoms. The molecule has 0 fully saturated rings. The fourth-order valence-electron chi connectivity index (χ4n) is 1.79. The largest absolute Gasteiger partial charge is 0.375 e. The van der Waals surface area contributed by atoms with Crippen molar-refractivity contribution in [3.8, 4) is 10.7 Å². The van der Waals surface area contributed by atoms with Gasteiger partial charge < -0.3 is 10.3 Å². The normalized spacial score (nSPS) is 11.1. The number of thiazole rings is 1. The highest BCUT2D eigenvalue weighted by atomic mass is 32.2. The first-order chi connectivity index (χ1) is 10.2. The van der Waals surface area contributed by atoms with Gasteiger partial charge in [-0.15, -0.1) is 23.1 Å². The standard InChI is InChI=1S/C13H14N4OS3/c1-8-12(21-13(14)15-8)20-7-3-5-10-16-11(17-18-10)9-4-2-6-19-9/h2,4,6H,3,5,7H2,1H3,(H2,14,15). The van der Waals surface area contributed by atoms with Crippen molar-refractivity contribution in [2.24, 2.45) is 0 Å². The first-order valence-electron chi connectivity index (χ1n) is 6.44. The summed E-state index contributed by atoms with van der Waals surface area (Å²) < 4.78 is 6.47. The lowest BCUT2D eigenvalue weighted by atomic mass is 10.3. The van der Waals surface area contributed by atoms with E-state index < -0.39 is 0 Å². The van der Waals surface area contributed by atoms with Crippen molar-refractivity contribution in [2.75, 3.05) is 11.5 Å². The highest BCUT2D eigenvalue weighted by molar-refractivity contribution is 8.01. The van der Waals surface area contributed by atoms with E-state index in [4.69, 9.17) is 10.3 Å². The zero-order valence-corrected chi connectivity index (χ0v) is 13.9. The van der Waals surface area contributed by atoms with Crippen molar-refractivity contribution in [1.82, 2.24) is 15.1 Å². The molecule has 2 N–H and O–H groups in total. The fourth-order valence-corrected chi connectivity index (χ4v) is 4.47. The number of thiophene rings is 1. The number of anilines is 1. The molecule has 5 nitrogen and oxygen atoms in total. The Morgan fingerprint density at radius 2 is 2.29 bits per heavy atom. The van der Waals surface area contributed by atoms with Crippen LogP contribution < -0.4 is 5.73 Å². The van der Waals surface area contributed by atoms with Crippen LogP contribution in [0.15, 0.2) is 26.2 Å². The Balaban J connectivity index is 1.49. The van der Waals surface area contributed by atoms with Crippen LogP contribution in [0.4, 0.5) is 5.13 Å². The third-order valence-corrected chi connectivity index (χ3v) is 6.05. The number of hydrogen-bond acceptors (Lipinski definition) is 8. The maximum Gasteiger partial charge on any atom is 0.227 e. The van der Waals surface area contributed by atoms with Crippen LogP contribution in [0.2, 0.25) is 0 Å². The van der Waals surface area contributed by atoms with Crippen LogP contribution in [-0.2, 0) is 6.42 Å². The van der Waals surface area contributed by atoms with E-state index in [2.05, 4.69) is 15.1 Å². The van der Waals surface area contributed by atoms with Crippen molar-refractivity contribution in [3.63, 3.8) is 0 Å². The molecule has 0 saturated heterocycles. The Bertz CT molecular complexity index is 705. The number of hydrogen-bond donors (Lipinski definition) is 1. The Morgan fingerprint density at radius 3 is 3.00 bits per heavy atom. The van der Waals surface area contributed by atoms with Crippen LogP contribution in [0, 0.1) is 6.92 Å². The van der Waals surface area contributed by atoms with E-state index in [1.54, 1.807) is 34.4 Å². The summed E-state index contributed by atoms with van der Waals surface area (Å²) in [4.78, 5) is 9.67. The van der Waals surface area contributed by atoms with E-state index in [-0.39, 0.29) is 0 Å². The number of rotatable bonds is 6. The molecular formula is C13H14N4OS3. The maximum absolute atomic E-state index is 5.69. The SMILES string of the molecule is Cc1nc(N)sc1SCCCc1nc(-c2cccs2)no1. The number of nitrogen functional groups attached to an aromatic ring is 1. The molecule has 3 aromatic rings. The Kier molecular flexibility index (Phi) is 4.57. The highest BCUT2D eigenvalue weighted by Crippen LogP contribution is 2.31. The number of thioether (sulfide) groups is 1. The Hall–Kier alpha value is -1.38. The minimum atomic E-state index is 0.632. The minimum absolute atomic E-state index is 0.632. The van der Waals surface area contributed by atoms with E-state index in [0.29, 0.717) is 16.8 Å². The summed E-state index contributed by atoms with van der Waals surface area (Å²) in [5.41, 5.74) is 6.70. The molecule has 0 aliphatic rings. The second-order valence-electron chi connectivity index (χ2n) is 4.37. The molecule has 8 heteroatoms. The summed E-state index contributed by atoms with van der Waals surface area (Å²) in [6.45, 7) is 1.99. The monoisotopic (exact) mass is 338 g/mol. The van der Waals surface area contributed by atoms with Gasteiger partial charge in [-0.1, -0.05) is 22.6 Å². The van der Waals surface area contributed by atoms with Gasteiger partial charge in [0.05, 0.1) is 14.8 Å². The summed E-state index contributed by atoms with van der Waals surface area (Å²) in [6, 6.07) is 3.97. The van der Waals surface area contributed by atoms with Crippen molar-refractivity contribution >= 4 is 39.6 Å². The van der Waals surface area contributed by atoms with Crippen LogP contribution in [0.3, 0.4) is 0 Å². The lowest BCUT2D eigenvalue weighted by Crippen LogP contribution is -1.88. The number of aromatic nitrogens is 3. The molecule has 0 radical (unpaired) electrons. The zero-order valence-electron chi connectivity index (χ0n) is 11.4. The molecule has 0 aliphatic carbocycles. The van der Waals surface area contributed by atoms with Crippen molar-refractivity contribution in [2.45, 2.75) is 24.0 Å². The average Bonchev–Trinajstić information content (AvgIpc) is 3.15. The number of nitrogens with two attached hydrogens (primary N) is 1. The predicted molar refractivity (Wildman–Crippen MR) is 87.9 cm³/mol. The highest BCUT2D eigenvalue weighted by Gasteiger charge is 2.10. The summed E-state index contributed by atoms with van der Waals surface area (Å²) >= 11 is 4.93. The van der Waals surface area contributed by atoms with E-state index >= 15 is 0 Å². The fraction of sp³-hybridized carbons (Fsp3) is 0.308. The van der Waals surface area contributed by atoms with Gasteiger partial charge in [0.25, 0.3) is 0 Å². The average molecular weight is 338 g/mol. The second-order valence-corrected chi connectivity index (χ2v) is 7.71. The van der Waals surface area contributed by atoms with Gasteiger partial charge in [-0.3, -0.25) is 0 Å². The van der Waals surface area contributed by atoms with Crippen molar-refractivity contribution in [3.05, 3.63) is 29.1 Å². The molecular weight excluding hydrogens is 324 g/mol. The van der Waals surface area contributed by atoms with Gasteiger partial charge in [0.2, 0.25) is 11.7 Å². The molecule has 3 rings (SSSR count). The molecule has 0 aliphatic heterocycles. The van der Waals surface area contributed by atoms with Crippen molar-refractivity contribution in [1.29, 1.82) is 0 Å². The molecule has 3 aromatic heterocycles. The number of nitrogens with zero attached hydrogens (tertiary/aromatic N) is 3. The molecule has 0 aromatic carbocycles. The molecule has 3 heterocycles. The third-order valence-electron chi connectivity index (χ3n) is 2.75. The van der Waals surface area contributed by atoms with Gasteiger partial charge in [-0.2, -0.15) is 4.98 Å². The molecule has 0 atom stereocenters. The quantitative estimate of drug-likeness (QED) is 0.543. The lowest BCUT2D eigenvalue weighted by Gasteiger charge is -1.97. The molecule has 0 bridgehead atoms. The maximum atomic E-state index is 5.69. The third kappa shape index (κ3) is 3.63. The molecule has 110 valence electrons. The molecule has 0 saturated carbocycles. The summed E-state index contributed by atoms with van der Waals surface area (Å²) in [5.74, 6) is 2.36. The summed E-state index contributed by atoms with van der Waals surface area (Å²) in [7, 11) is 0. The van der Waals surface area contributed by atoms with E-state index in [1.807, 2.05) is 24.4 Å². The first kappa shape index (κ1) is 14.6. The van der Waals surface area contributed by atoms with Gasteiger partial charge in [0, 0.05) is 6.42 Å². The van der Waals surface area contributed by atoms with Crippen molar-refractivity contribution < 1.29 is 4.52 Å². The minimum Gasteiger partial charge on any atom is -0.375 e. The van der Waals surface area contributed by atoms with Gasteiger partial charge in [-0.05, 0) is 30.5 Å². The van der Waals surface area contributed by atoms with E-state index in [1.165, 1.54) is 4.21 Å². The van der Waals surface area contributed by atoms with Crippen LogP contribution in [0.5, 0.6) is 0 Å². The second kappa shape index (κ2) is 6.59. The molecule has 0 unspecified atom stereocenters. The van der Waals surface area contributed by atoms with Gasteiger partial charge >= 0.3 is 0 Å². The zero-order chi connectivity index (χ0) is 14.7.